The Morgan fingerprint density at radius 1 is 1.04 bits per heavy atom. The molecule has 0 bridgehead atoms. The SMILES string of the molecule is COCCOc1ccc(CCC(=O)Nc2ccc(NS(=O)O)cc2)cc1. The van der Waals surface area contributed by atoms with Crippen molar-refractivity contribution >= 4 is 28.5 Å². The average molecular weight is 378 g/mol. The highest BCUT2D eigenvalue weighted by Gasteiger charge is 2.04. The first-order valence-electron chi connectivity index (χ1n) is 8.05. The van der Waals surface area contributed by atoms with E-state index in [4.69, 9.17) is 14.0 Å². The Labute approximate surface area is 155 Å². The minimum Gasteiger partial charge on any atom is -0.491 e. The Morgan fingerprint density at radius 2 is 1.69 bits per heavy atom. The second-order valence-corrected chi connectivity index (χ2v) is 6.16. The lowest BCUT2D eigenvalue weighted by atomic mass is 10.1. The number of benzene rings is 2. The number of amides is 1. The molecule has 0 saturated carbocycles. The lowest BCUT2D eigenvalue weighted by Gasteiger charge is -2.08. The zero-order valence-electron chi connectivity index (χ0n) is 14.4. The van der Waals surface area contributed by atoms with E-state index in [0.717, 1.165) is 11.3 Å². The van der Waals surface area contributed by atoms with Crippen LogP contribution in [-0.4, -0.2) is 35.0 Å². The van der Waals surface area contributed by atoms with Gasteiger partial charge in [0.25, 0.3) is 11.3 Å². The van der Waals surface area contributed by atoms with Crippen LogP contribution in [0.5, 0.6) is 5.75 Å². The van der Waals surface area contributed by atoms with E-state index in [-0.39, 0.29) is 5.91 Å². The Balaban J connectivity index is 1.76. The van der Waals surface area contributed by atoms with Crippen molar-refractivity contribution in [1.82, 2.24) is 0 Å². The molecule has 0 aliphatic rings. The second-order valence-electron chi connectivity index (χ2n) is 5.46. The average Bonchev–Trinajstić information content (AvgIpc) is 2.62. The van der Waals surface area contributed by atoms with Crippen LogP contribution < -0.4 is 14.8 Å². The molecular weight excluding hydrogens is 356 g/mol. The molecule has 8 heteroatoms. The molecular formula is C18H22N2O5S. The zero-order chi connectivity index (χ0) is 18.8. The maximum absolute atomic E-state index is 12.0. The number of carbonyl (C=O) groups is 1. The van der Waals surface area contributed by atoms with E-state index < -0.39 is 11.3 Å². The van der Waals surface area contributed by atoms with E-state index in [1.807, 2.05) is 24.3 Å². The van der Waals surface area contributed by atoms with Crippen molar-refractivity contribution in [1.29, 1.82) is 0 Å². The van der Waals surface area contributed by atoms with Gasteiger partial charge in [-0.1, -0.05) is 12.1 Å². The van der Waals surface area contributed by atoms with Gasteiger partial charge in [-0.2, -0.15) is 0 Å². The molecule has 1 amide bonds. The number of methoxy groups -OCH3 is 1. The summed E-state index contributed by atoms with van der Waals surface area (Å²) in [6.45, 7) is 1.04. The predicted molar refractivity (Wildman–Crippen MR) is 102 cm³/mol. The molecule has 26 heavy (non-hydrogen) atoms. The van der Waals surface area contributed by atoms with Crippen molar-refractivity contribution in [3.63, 3.8) is 0 Å². The third-order valence-electron chi connectivity index (χ3n) is 3.49. The van der Waals surface area contributed by atoms with Crippen LogP contribution in [0.3, 0.4) is 0 Å². The Bertz CT molecular complexity index is 719. The van der Waals surface area contributed by atoms with Gasteiger partial charge in [-0.15, -0.1) is 0 Å². The van der Waals surface area contributed by atoms with Crippen LogP contribution in [0.25, 0.3) is 0 Å². The molecule has 7 nitrogen and oxygen atoms in total. The van der Waals surface area contributed by atoms with Gasteiger partial charge in [-0.25, -0.2) is 4.21 Å². The van der Waals surface area contributed by atoms with E-state index >= 15 is 0 Å². The highest BCUT2D eigenvalue weighted by Crippen LogP contribution is 2.16. The molecule has 140 valence electrons. The number of nitrogens with one attached hydrogen (secondary N) is 2. The summed E-state index contributed by atoms with van der Waals surface area (Å²) >= 11 is -2.12. The van der Waals surface area contributed by atoms with Gasteiger partial charge in [0.2, 0.25) is 5.91 Å². The Morgan fingerprint density at radius 3 is 2.31 bits per heavy atom. The van der Waals surface area contributed by atoms with Gasteiger partial charge in [-0.05, 0) is 48.4 Å². The van der Waals surface area contributed by atoms with Crippen LogP contribution >= 0.6 is 0 Å². The van der Waals surface area contributed by atoms with Crippen molar-refractivity contribution in [2.45, 2.75) is 12.8 Å². The van der Waals surface area contributed by atoms with Crippen molar-refractivity contribution in [2.24, 2.45) is 0 Å². The van der Waals surface area contributed by atoms with Gasteiger partial charge in [0.05, 0.1) is 6.61 Å². The van der Waals surface area contributed by atoms with E-state index in [1.54, 1.807) is 31.4 Å². The second kappa shape index (κ2) is 10.5. The number of rotatable bonds is 10. The fraction of sp³-hybridized carbons (Fsp3) is 0.278. The molecule has 1 unspecified atom stereocenters. The number of hydrogen-bond acceptors (Lipinski definition) is 4. The van der Waals surface area contributed by atoms with Crippen LogP contribution in [0.2, 0.25) is 0 Å². The minimum atomic E-state index is -2.12. The summed E-state index contributed by atoms with van der Waals surface area (Å²) in [7, 11) is 1.63. The highest BCUT2D eigenvalue weighted by atomic mass is 32.2. The quantitative estimate of drug-likeness (QED) is 0.436. The first-order valence-corrected chi connectivity index (χ1v) is 9.15. The third kappa shape index (κ3) is 7.22. The van der Waals surface area contributed by atoms with Crippen molar-refractivity contribution < 1.29 is 23.0 Å². The topological polar surface area (TPSA) is 96.9 Å². The Kier molecular flexibility index (Phi) is 8.07. The molecule has 0 saturated heterocycles. The summed E-state index contributed by atoms with van der Waals surface area (Å²) in [5, 5.41) is 2.79. The predicted octanol–water partition coefficient (Wildman–Crippen LogP) is 2.83. The highest BCUT2D eigenvalue weighted by molar-refractivity contribution is 7.80. The first-order chi connectivity index (χ1) is 12.6. The molecule has 2 rings (SSSR count). The molecule has 0 aliphatic heterocycles. The fourth-order valence-corrected chi connectivity index (χ4v) is 2.54. The van der Waals surface area contributed by atoms with Gasteiger partial charge >= 0.3 is 0 Å². The third-order valence-corrected chi connectivity index (χ3v) is 3.90. The molecule has 3 N–H and O–H groups in total. The van der Waals surface area contributed by atoms with Crippen LogP contribution in [0.4, 0.5) is 11.4 Å². The van der Waals surface area contributed by atoms with Crippen LogP contribution in [0, 0.1) is 0 Å². The minimum absolute atomic E-state index is 0.100. The fourth-order valence-electron chi connectivity index (χ4n) is 2.20. The first kappa shape index (κ1) is 19.9. The lowest BCUT2D eigenvalue weighted by molar-refractivity contribution is -0.116. The van der Waals surface area contributed by atoms with E-state index in [2.05, 4.69) is 10.0 Å². The molecule has 0 heterocycles. The molecule has 2 aromatic carbocycles. The molecule has 1 atom stereocenters. The van der Waals surface area contributed by atoms with Crippen LogP contribution in [0.1, 0.15) is 12.0 Å². The number of hydrogen-bond donors (Lipinski definition) is 3. The van der Waals surface area contributed by atoms with Gasteiger partial charge in [0.1, 0.15) is 12.4 Å². The maximum Gasteiger partial charge on any atom is 0.259 e. The smallest absolute Gasteiger partial charge is 0.259 e. The summed E-state index contributed by atoms with van der Waals surface area (Å²) in [6, 6.07) is 14.2. The van der Waals surface area contributed by atoms with Gasteiger partial charge in [0.15, 0.2) is 0 Å². The maximum atomic E-state index is 12.0. The number of carbonyl (C=O) groups excluding carboxylic acids is 1. The molecule has 0 spiro atoms. The monoisotopic (exact) mass is 378 g/mol. The van der Waals surface area contributed by atoms with Crippen LogP contribution in [0.15, 0.2) is 48.5 Å². The van der Waals surface area contributed by atoms with Crippen molar-refractivity contribution in [3.05, 3.63) is 54.1 Å². The van der Waals surface area contributed by atoms with Gasteiger partial charge in [-0.3, -0.25) is 14.1 Å². The summed E-state index contributed by atoms with van der Waals surface area (Å²) in [5.41, 5.74) is 2.17. The normalized spacial score (nSPS) is 11.6. The Hall–Kier alpha value is -2.42. The summed E-state index contributed by atoms with van der Waals surface area (Å²) < 4.78 is 32.2. The van der Waals surface area contributed by atoms with E-state index in [1.165, 1.54) is 0 Å². The molecule has 0 radical (unpaired) electrons. The largest absolute Gasteiger partial charge is 0.491 e. The van der Waals surface area contributed by atoms with Gasteiger partial charge < -0.3 is 14.8 Å². The van der Waals surface area contributed by atoms with Gasteiger partial charge in [0, 0.05) is 24.9 Å². The zero-order valence-corrected chi connectivity index (χ0v) is 15.3. The van der Waals surface area contributed by atoms with Crippen molar-refractivity contribution in [3.8, 4) is 5.75 Å². The van der Waals surface area contributed by atoms with Crippen LogP contribution in [-0.2, 0) is 27.2 Å². The summed E-state index contributed by atoms with van der Waals surface area (Å²) in [6.07, 6.45) is 0.970. The standard InChI is InChI=1S/C18H22N2O5S/c1-24-12-13-25-17-9-2-14(3-10-17)4-11-18(21)19-15-5-7-16(8-6-15)20-26(22)23/h2-3,5-10,20H,4,11-13H2,1H3,(H,19,21)(H,22,23). The lowest BCUT2D eigenvalue weighted by Crippen LogP contribution is -2.12. The van der Waals surface area contributed by atoms with Crippen molar-refractivity contribution in [2.75, 3.05) is 30.4 Å². The summed E-state index contributed by atoms with van der Waals surface area (Å²) in [5.74, 6) is 0.671. The van der Waals surface area contributed by atoms with E-state index in [9.17, 15) is 9.00 Å². The van der Waals surface area contributed by atoms with E-state index in [0.29, 0.717) is 37.4 Å². The molecule has 0 aliphatic carbocycles. The molecule has 0 aromatic heterocycles. The summed E-state index contributed by atoms with van der Waals surface area (Å²) in [4.78, 5) is 12.0. The number of anilines is 2. The number of aryl methyl sites for hydroxylation is 1. The molecule has 2 aromatic rings. The number of ether oxygens (including phenoxy) is 2. The molecule has 0 fully saturated rings.